The lowest BCUT2D eigenvalue weighted by atomic mass is 10.2. The first kappa shape index (κ1) is 21.5. The third-order valence-corrected chi connectivity index (χ3v) is 4.78. The summed E-state index contributed by atoms with van der Waals surface area (Å²) < 4.78 is 10.4. The Kier molecular flexibility index (Phi) is 7.52. The van der Waals surface area contributed by atoms with E-state index in [1.165, 1.54) is 0 Å². The SMILES string of the molecule is COc1ccc(-c2nc(SCC(=O)NNC(=O)COc3ccc(Cl)cc3)n[nH]2)cc1. The zero-order chi connectivity index (χ0) is 21.3. The van der Waals surface area contributed by atoms with Crippen LogP contribution in [0.1, 0.15) is 0 Å². The number of aromatic nitrogens is 3. The van der Waals surface area contributed by atoms with Crippen molar-refractivity contribution < 1.29 is 19.1 Å². The van der Waals surface area contributed by atoms with Crippen LogP contribution >= 0.6 is 23.4 Å². The number of thioether (sulfide) groups is 1. The Hall–Kier alpha value is -3.24. The number of carbonyl (C=O) groups excluding carboxylic acids is 2. The summed E-state index contributed by atoms with van der Waals surface area (Å²) in [5.41, 5.74) is 5.43. The fraction of sp³-hybridized carbons (Fsp3) is 0.158. The Bertz CT molecular complexity index is 995. The number of methoxy groups -OCH3 is 1. The lowest BCUT2D eigenvalue weighted by molar-refractivity contribution is -0.128. The molecule has 0 spiro atoms. The summed E-state index contributed by atoms with van der Waals surface area (Å²) in [4.78, 5) is 28.0. The summed E-state index contributed by atoms with van der Waals surface area (Å²) in [6.45, 7) is -0.249. The van der Waals surface area contributed by atoms with Crippen LogP contribution in [0.3, 0.4) is 0 Å². The Morgan fingerprint density at radius 1 is 1.03 bits per heavy atom. The summed E-state index contributed by atoms with van der Waals surface area (Å²) >= 11 is 6.91. The van der Waals surface area contributed by atoms with Crippen molar-refractivity contribution in [2.45, 2.75) is 5.16 Å². The summed E-state index contributed by atoms with van der Waals surface area (Å²) in [5.74, 6) is 0.934. The molecule has 0 saturated heterocycles. The zero-order valence-electron chi connectivity index (χ0n) is 15.8. The molecule has 0 atom stereocenters. The number of hydrogen-bond donors (Lipinski definition) is 3. The fourth-order valence-electron chi connectivity index (χ4n) is 2.21. The van der Waals surface area contributed by atoms with Gasteiger partial charge in [-0.15, -0.1) is 5.10 Å². The molecule has 0 saturated carbocycles. The minimum absolute atomic E-state index is 0.0260. The van der Waals surface area contributed by atoms with Crippen molar-refractivity contribution in [3.05, 3.63) is 53.6 Å². The fourth-order valence-corrected chi connectivity index (χ4v) is 2.93. The van der Waals surface area contributed by atoms with Gasteiger partial charge < -0.3 is 9.47 Å². The molecule has 9 nitrogen and oxygen atoms in total. The Morgan fingerprint density at radius 2 is 1.70 bits per heavy atom. The number of amides is 2. The van der Waals surface area contributed by atoms with Crippen molar-refractivity contribution in [3.8, 4) is 22.9 Å². The number of carbonyl (C=O) groups is 2. The van der Waals surface area contributed by atoms with Crippen LogP contribution in [0.2, 0.25) is 5.02 Å². The van der Waals surface area contributed by atoms with Crippen molar-refractivity contribution >= 4 is 35.2 Å². The van der Waals surface area contributed by atoms with E-state index in [1.807, 2.05) is 24.3 Å². The molecule has 3 N–H and O–H groups in total. The first-order chi connectivity index (χ1) is 14.5. The quantitative estimate of drug-likeness (QED) is 0.358. The number of hydrazine groups is 1. The van der Waals surface area contributed by atoms with Gasteiger partial charge in [-0.3, -0.25) is 25.5 Å². The maximum Gasteiger partial charge on any atom is 0.276 e. The minimum Gasteiger partial charge on any atom is -0.497 e. The van der Waals surface area contributed by atoms with Crippen LogP contribution in [0, 0.1) is 0 Å². The number of rotatable bonds is 8. The van der Waals surface area contributed by atoms with Crippen LogP contribution in [0.15, 0.2) is 53.7 Å². The van der Waals surface area contributed by atoms with Crippen LogP contribution in [0.4, 0.5) is 0 Å². The molecule has 0 aliphatic rings. The van der Waals surface area contributed by atoms with Gasteiger partial charge in [0.2, 0.25) is 11.1 Å². The molecular weight excluding hydrogens is 430 g/mol. The topological polar surface area (TPSA) is 118 Å². The van der Waals surface area contributed by atoms with Crippen molar-refractivity contribution in [1.29, 1.82) is 0 Å². The highest BCUT2D eigenvalue weighted by atomic mass is 35.5. The molecule has 0 aliphatic heterocycles. The molecule has 11 heteroatoms. The second-order valence-electron chi connectivity index (χ2n) is 5.82. The molecule has 2 amide bonds. The average molecular weight is 448 g/mol. The smallest absolute Gasteiger partial charge is 0.276 e. The summed E-state index contributed by atoms with van der Waals surface area (Å²) in [7, 11) is 1.60. The molecule has 0 bridgehead atoms. The van der Waals surface area contributed by atoms with Crippen LogP contribution < -0.4 is 20.3 Å². The minimum atomic E-state index is -0.497. The normalized spacial score (nSPS) is 10.3. The lowest BCUT2D eigenvalue weighted by Gasteiger charge is -2.08. The van der Waals surface area contributed by atoms with E-state index in [4.69, 9.17) is 21.1 Å². The van der Waals surface area contributed by atoms with Crippen LogP contribution in [-0.4, -0.2) is 46.5 Å². The van der Waals surface area contributed by atoms with Crippen LogP contribution in [-0.2, 0) is 9.59 Å². The Morgan fingerprint density at radius 3 is 2.40 bits per heavy atom. The van der Waals surface area contributed by atoms with Gasteiger partial charge in [-0.05, 0) is 48.5 Å². The average Bonchev–Trinajstić information content (AvgIpc) is 3.25. The summed E-state index contributed by atoms with van der Waals surface area (Å²) in [6.07, 6.45) is 0. The molecule has 1 aromatic heterocycles. The van der Waals surface area contributed by atoms with E-state index in [0.717, 1.165) is 23.1 Å². The van der Waals surface area contributed by atoms with E-state index < -0.39 is 11.8 Å². The molecular formula is C19H18ClN5O4S. The maximum atomic E-state index is 11.9. The zero-order valence-corrected chi connectivity index (χ0v) is 17.4. The van der Waals surface area contributed by atoms with E-state index in [-0.39, 0.29) is 12.4 Å². The van der Waals surface area contributed by atoms with Gasteiger partial charge in [-0.2, -0.15) is 0 Å². The Labute approximate surface area is 181 Å². The largest absolute Gasteiger partial charge is 0.497 e. The van der Waals surface area contributed by atoms with Crippen molar-refractivity contribution in [2.24, 2.45) is 0 Å². The van der Waals surface area contributed by atoms with E-state index >= 15 is 0 Å². The molecule has 1 heterocycles. The number of nitrogens with zero attached hydrogens (tertiary/aromatic N) is 2. The van der Waals surface area contributed by atoms with Gasteiger partial charge >= 0.3 is 0 Å². The molecule has 0 aliphatic carbocycles. The lowest BCUT2D eigenvalue weighted by Crippen LogP contribution is -2.44. The van der Waals surface area contributed by atoms with Gasteiger partial charge in [0, 0.05) is 10.6 Å². The number of aromatic amines is 1. The first-order valence-corrected chi connectivity index (χ1v) is 10.1. The van der Waals surface area contributed by atoms with Gasteiger partial charge in [-0.25, -0.2) is 4.98 Å². The monoisotopic (exact) mass is 447 g/mol. The van der Waals surface area contributed by atoms with Crippen LogP contribution in [0.25, 0.3) is 11.4 Å². The summed E-state index contributed by atoms with van der Waals surface area (Å²) in [6, 6.07) is 13.9. The number of nitrogens with one attached hydrogen (secondary N) is 3. The number of halogens is 1. The highest BCUT2D eigenvalue weighted by Crippen LogP contribution is 2.21. The molecule has 0 fully saturated rings. The molecule has 2 aromatic carbocycles. The van der Waals surface area contributed by atoms with E-state index in [2.05, 4.69) is 26.0 Å². The van der Waals surface area contributed by atoms with Gasteiger partial charge in [0.1, 0.15) is 11.5 Å². The van der Waals surface area contributed by atoms with Crippen molar-refractivity contribution in [3.63, 3.8) is 0 Å². The van der Waals surface area contributed by atoms with Crippen molar-refractivity contribution in [2.75, 3.05) is 19.5 Å². The maximum absolute atomic E-state index is 11.9. The number of hydrogen-bond acceptors (Lipinski definition) is 7. The van der Waals surface area contributed by atoms with Gasteiger partial charge in [0.25, 0.3) is 5.91 Å². The highest BCUT2D eigenvalue weighted by molar-refractivity contribution is 7.99. The standard InChI is InChI=1S/C19H18ClN5O4S/c1-28-14-6-2-12(3-7-14)18-21-19(25-24-18)30-11-17(27)23-22-16(26)10-29-15-8-4-13(20)5-9-15/h2-9H,10-11H2,1H3,(H,22,26)(H,23,27)(H,21,24,25). The number of benzene rings is 2. The molecule has 30 heavy (non-hydrogen) atoms. The van der Waals surface area contributed by atoms with Gasteiger partial charge in [0.05, 0.1) is 12.9 Å². The molecule has 0 radical (unpaired) electrons. The van der Waals surface area contributed by atoms with E-state index in [1.54, 1.807) is 31.4 Å². The molecule has 156 valence electrons. The van der Waals surface area contributed by atoms with E-state index in [0.29, 0.717) is 21.8 Å². The van der Waals surface area contributed by atoms with Gasteiger partial charge in [0.15, 0.2) is 12.4 Å². The summed E-state index contributed by atoms with van der Waals surface area (Å²) in [5, 5.41) is 7.87. The van der Waals surface area contributed by atoms with E-state index in [9.17, 15) is 9.59 Å². The molecule has 0 unspecified atom stereocenters. The highest BCUT2D eigenvalue weighted by Gasteiger charge is 2.10. The third-order valence-electron chi connectivity index (χ3n) is 3.69. The Balaban J connectivity index is 1.38. The predicted molar refractivity (Wildman–Crippen MR) is 112 cm³/mol. The number of ether oxygens (including phenoxy) is 2. The number of H-pyrrole nitrogens is 1. The second-order valence-corrected chi connectivity index (χ2v) is 7.20. The van der Waals surface area contributed by atoms with Gasteiger partial charge in [-0.1, -0.05) is 23.4 Å². The molecule has 3 rings (SSSR count). The van der Waals surface area contributed by atoms with Crippen molar-refractivity contribution in [1.82, 2.24) is 26.0 Å². The second kappa shape index (κ2) is 10.5. The predicted octanol–water partition coefficient (Wildman–Crippen LogP) is 2.45. The molecule has 3 aromatic rings. The third kappa shape index (κ3) is 6.39. The van der Waals surface area contributed by atoms with Crippen LogP contribution in [0.5, 0.6) is 11.5 Å². The first-order valence-electron chi connectivity index (χ1n) is 8.69.